The second kappa shape index (κ2) is 7.09. The summed E-state index contributed by atoms with van der Waals surface area (Å²) < 4.78 is 11.2. The normalized spacial score (nSPS) is 27.3. The van der Waals surface area contributed by atoms with Crippen LogP contribution in [0.3, 0.4) is 0 Å². The van der Waals surface area contributed by atoms with Crippen LogP contribution in [0.2, 0.25) is 0 Å². The van der Waals surface area contributed by atoms with Gasteiger partial charge in [0.1, 0.15) is 11.5 Å². The number of rotatable bonds is 4. The quantitative estimate of drug-likeness (QED) is 0.914. The minimum absolute atomic E-state index is 0. The maximum absolute atomic E-state index is 5.85. The summed E-state index contributed by atoms with van der Waals surface area (Å²) in [7, 11) is 2.08. The Labute approximate surface area is 147 Å². The molecular weight excluding hydrogens is 328 g/mol. The first kappa shape index (κ1) is 17.2. The lowest BCUT2D eigenvalue weighted by Crippen LogP contribution is -2.44. The average molecular weight is 351 g/mol. The van der Waals surface area contributed by atoms with Crippen molar-refractivity contribution in [2.45, 2.75) is 25.3 Å². The molecule has 130 valence electrons. The Kier molecular flexibility index (Phi) is 5.08. The Morgan fingerprint density at radius 3 is 2.92 bits per heavy atom. The van der Waals surface area contributed by atoms with Crippen LogP contribution < -0.4 is 5.32 Å². The second-order valence-electron chi connectivity index (χ2n) is 6.58. The van der Waals surface area contributed by atoms with Gasteiger partial charge in [0.15, 0.2) is 5.82 Å². The Morgan fingerprint density at radius 1 is 1.33 bits per heavy atom. The van der Waals surface area contributed by atoms with E-state index in [2.05, 4.69) is 40.4 Å². The van der Waals surface area contributed by atoms with Crippen LogP contribution in [0.4, 0.5) is 0 Å². The number of hydrogen-bond donors (Lipinski definition) is 1. The van der Waals surface area contributed by atoms with E-state index in [1.807, 2.05) is 18.2 Å². The van der Waals surface area contributed by atoms with E-state index >= 15 is 0 Å². The first-order chi connectivity index (χ1) is 11.2. The fourth-order valence-corrected chi connectivity index (χ4v) is 3.07. The summed E-state index contributed by atoms with van der Waals surface area (Å²) in [5, 5.41) is 7.46. The van der Waals surface area contributed by atoms with E-state index in [4.69, 9.17) is 8.94 Å². The number of nitrogens with one attached hydrogen (secondary N) is 1. The number of likely N-dealkylation sites (N-methyl/N-ethyl adjacent to an activating group) is 1. The van der Waals surface area contributed by atoms with Crippen LogP contribution in [0, 0.1) is 5.92 Å². The Morgan fingerprint density at radius 2 is 2.17 bits per heavy atom. The molecule has 24 heavy (non-hydrogen) atoms. The highest BCUT2D eigenvalue weighted by Crippen LogP contribution is 2.47. The molecule has 2 aromatic heterocycles. The maximum Gasteiger partial charge on any atom is 0.250 e. The molecule has 1 saturated heterocycles. The SMILES string of the molecule is CC1CC1c1ccc(/C=C/c2nc(C3CNCCN3C)no2)o1.Cl. The van der Waals surface area contributed by atoms with Gasteiger partial charge in [-0.15, -0.1) is 12.4 Å². The fraction of sp³-hybridized carbons (Fsp3) is 0.529. The number of furan rings is 1. The summed E-state index contributed by atoms with van der Waals surface area (Å²) in [5.74, 6) is 4.50. The third-order valence-electron chi connectivity index (χ3n) is 4.78. The molecule has 1 aliphatic carbocycles. The number of nitrogens with zero attached hydrogens (tertiary/aromatic N) is 3. The highest BCUT2D eigenvalue weighted by molar-refractivity contribution is 5.85. The number of halogens is 1. The lowest BCUT2D eigenvalue weighted by molar-refractivity contribution is 0.190. The lowest BCUT2D eigenvalue weighted by atomic mass is 10.2. The summed E-state index contributed by atoms with van der Waals surface area (Å²) >= 11 is 0. The van der Waals surface area contributed by atoms with Crippen LogP contribution >= 0.6 is 12.4 Å². The largest absolute Gasteiger partial charge is 0.461 e. The van der Waals surface area contributed by atoms with E-state index in [0.717, 1.165) is 42.9 Å². The van der Waals surface area contributed by atoms with Crippen LogP contribution in [-0.2, 0) is 0 Å². The molecule has 3 unspecified atom stereocenters. The van der Waals surface area contributed by atoms with Gasteiger partial charge in [-0.1, -0.05) is 12.1 Å². The molecule has 0 amide bonds. The smallest absolute Gasteiger partial charge is 0.250 e. The topological polar surface area (TPSA) is 67.3 Å². The van der Waals surface area contributed by atoms with Gasteiger partial charge in [0.25, 0.3) is 5.89 Å². The number of piperazine rings is 1. The van der Waals surface area contributed by atoms with E-state index in [1.165, 1.54) is 6.42 Å². The molecule has 3 heterocycles. The molecule has 0 bridgehead atoms. The third kappa shape index (κ3) is 3.55. The molecule has 7 heteroatoms. The van der Waals surface area contributed by atoms with Crippen LogP contribution in [0.1, 0.15) is 48.5 Å². The Balaban J connectivity index is 0.00000169. The lowest BCUT2D eigenvalue weighted by Gasteiger charge is -2.30. The Hall–Kier alpha value is -1.63. The number of hydrogen-bond acceptors (Lipinski definition) is 6. The van der Waals surface area contributed by atoms with Crippen molar-refractivity contribution in [3.05, 3.63) is 35.4 Å². The summed E-state index contributed by atoms with van der Waals surface area (Å²) in [4.78, 5) is 6.72. The van der Waals surface area contributed by atoms with E-state index in [0.29, 0.717) is 11.8 Å². The minimum atomic E-state index is 0. The van der Waals surface area contributed by atoms with E-state index in [1.54, 1.807) is 0 Å². The molecule has 2 aliphatic rings. The molecule has 1 N–H and O–H groups in total. The summed E-state index contributed by atoms with van der Waals surface area (Å²) in [5.41, 5.74) is 0. The molecule has 4 rings (SSSR count). The molecular formula is C17H23ClN4O2. The van der Waals surface area contributed by atoms with E-state index in [-0.39, 0.29) is 18.4 Å². The van der Waals surface area contributed by atoms with Crippen molar-refractivity contribution in [1.29, 1.82) is 0 Å². The van der Waals surface area contributed by atoms with Crippen LogP contribution in [-0.4, -0.2) is 41.7 Å². The van der Waals surface area contributed by atoms with Crippen molar-refractivity contribution in [1.82, 2.24) is 20.4 Å². The highest BCUT2D eigenvalue weighted by Gasteiger charge is 2.36. The van der Waals surface area contributed by atoms with Gasteiger partial charge < -0.3 is 14.3 Å². The predicted octanol–water partition coefficient (Wildman–Crippen LogP) is 2.95. The molecule has 6 nitrogen and oxygen atoms in total. The van der Waals surface area contributed by atoms with Gasteiger partial charge in [-0.2, -0.15) is 4.98 Å². The van der Waals surface area contributed by atoms with Crippen molar-refractivity contribution in [3.8, 4) is 0 Å². The molecule has 2 fully saturated rings. The van der Waals surface area contributed by atoms with Crippen LogP contribution in [0.5, 0.6) is 0 Å². The molecule has 0 spiro atoms. The minimum Gasteiger partial charge on any atom is -0.461 e. The van der Waals surface area contributed by atoms with E-state index in [9.17, 15) is 0 Å². The maximum atomic E-state index is 5.85. The van der Waals surface area contributed by atoms with Crippen molar-refractivity contribution < 1.29 is 8.94 Å². The monoisotopic (exact) mass is 350 g/mol. The van der Waals surface area contributed by atoms with E-state index < -0.39 is 0 Å². The molecule has 1 aliphatic heterocycles. The van der Waals surface area contributed by atoms with Crippen LogP contribution in [0.15, 0.2) is 21.1 Å². The average Bonchev–Trinajstić information content (AvgIpc) is 2.96. The highest BCUT2D eigenvalue weighted by atomic mass is 35.5. The van der Waals surface area contributed by atoms with Gasteiger partial charge in [-0.05, 0) is 37.6 Å². The first-order valence-electron chi connectivity index (χ1n) is 8.23. The van der Waals surface area contributed by atoms with Gasteiger partial charge in [0.2, 0.25) is 0 Å². The molecule has 3 atom stereocenters. The predicted molar refractivity (Wildman–Crippen MR) is 93.9 cm³/mol. The van der Waals surface area contributed by atoms with Gasteiger partial charge in [-0.3, -0.25) is 4.90 Å². The van der Waals surface area contributed by atoms with Gasteiger partial charge in [-0.25, -0.2) is 0 Å². The third-order valence-corrected chi connectivity index (χ3v) is 4.78. The first-order valence-corrected chi connectivity index (χ1v) is 8.23. The number of aromatic nitrogens is 2. The standard InChI is InChI=1S/C17H22N4O2.ClH/c1-11-9-13(11)15-5-3-12(22-15)4-6-16-19-17(20-23-16)14-10-18-7-8-21(14)2;/h3-6,11,13-14,18H,7-10H2,1-2H3;1H/b6-4+;. The summed E-state index contributed by atoms with van der Waals surface area (Å²) in [6, 6.07) is 4.23. The molecule has 1 saturated carbocycles. The molecule has 2 aromatic rings. The van der Waals surface area contributed by atoms with Crippen molar-refractivity contribution in [3.63, 3.8) is 0 Å². The zero-order valence-electron chi connectivity index (χ0n) is 13.9. The molecule has 0 radical (unpaired) electrons. The van der Waals surface area contributed by atoms with Gasteiger partial charge in [0.05, 0.1) is 6.04 Å². The fourth-order valence-electron chi connectivity index (χ4n) is 3.07. The zero-order chi connectivity index (χ0) is 15.8. The Bertz CT molecular complexity index is 711. The zero-order valence-corrected chi connectivity index (χ0v) is 14.8. The van der Waals surface area contributed by atoms with Crippen molar-refractivity contribution in [2.75, 3.05) is 26.7 Å². The van der Waals surface area contributed by atoms with Gasteiger partial charge >= 0.3 is 0 Å². The van der Waals surface area contributed by atoms with Crippen molar-refractivity contribution >= 4 is 24.6 Å². The van der Waals surface area contributed by atoms with Crippen molar-refractivity contribution in [2.24, 2.45) is 5.92 Å². The summed E-state index contributed by atoms with van der Waals surface area (Å²) in [6.45, 7) is 5.08. The summed E-state index contributed by atoms with van der Waals surface area (Å²) in [6.07, 6.45) is 4.93. The van der Waals surface area contributed by atoms with Gasteiger partial charge in [0, 0.05) is 31.6 Å². The van der Waals surface area contributed by atoms with Crippen LogP contribution in [0.25, 0.3) is 12.2 Å². The molecule has 0 aromatic carbocycles. The second-order valence-corrected chi connectivity index (χ2v) is 6.58.